The van der Waals surface area contributed by atoms with Crippen LogP contribution in [0.2, 0.25) is 0 Å². The molecular formula is C11H13N3. The number of benzene rings is 1. The number of aryl methyl sites for hydroxylation is 1. The quantitative estimate of drug-likeness (QED) is 0.604. The van der Waals surface area contributed by atoms with Crippen molar-refractivity contribution in [1.29, 1.82) is 5.26 Å². The van der Waals surface area contributed by atoms with Gasteiger partial charge in [-0.15, -0.1) is 0 Å². The van der Waals surface area contributed by atoms with Crippen LogP contribution in [-0.4, -0.2) is 0 Å². The van der Waals surface area contributed by atoms with Gasteiger partial charge in [0, 0.05) is 6.04 Å². The number of hydrogen-bond donors (Lipinski definition) is 2. The van der Waals surface area contributed by atoms with Gasteiger partial charge in [0.1, 0.15) is 6.07 Å². The molecule has 1 aliphatic carbocycles. The summed E-state index contributed by atoms with van der Waals surface area (Å²) in [7, 11) is 0. The average Bonchev–Trinajstić information content (AvgIpc) is 2.18. The molecule has 3 nitrogen and oxygen atoms in total. The second-order valence-electron chi connectivity index (χ2n) is 3.71. The van der Waals surface area contributed by atoms with Gasteiger partial charge in [-0.1, -0.05) is 6.07 Å². The highest BCUT2D eigenvalue weighted by Crippen LogP contribution is 2.33. The second kappa shape index (κ2) is 3.32. The smallest absolute Gasteiger partial charge is 0.101 e. The third-order valence-corrected chi connectivity index (χ3v) is 2.83. The summed E-state index contributed by atoms with van der Waals surface area (Å²) in [5, 5.41) is 8.84. The van der Waals surface area contributed by atoms with Gasteiger partial charge in [-0.25, -0.2) is 0 Å². The van der Waals surface area contributed by atoms with Crippen molar-refractivity contribution in [2.45, 2.75) is 25.3 Å². The fourth-order valence-electron chi connectivity index (χ4n) is 2.09. The van der Waals surface area contributed by atoms with E-state index in [0.29, 0.717) is 11.3 Å². The molecule has 0 unspecified atom stereocenters. The van der Waals surface area contributed by atoms with E-state index in [1.54, 1.807) is 6.07 Å². The summed E-state index contributed by atoms with van der Waals surface area (Å²) in [6, 6.07) is 5.85. The lowest BCUT2D eigenvalue weighted by Gasteiger charge is -2.24. The molecule has 1 aromatic carbocycles. The number of anilines is 1. The normalized spacial score (nSPS) is 19.9. The van der Waals surface area contributed by atoms with Crippen molar-refractivity contribution in [2.75, 3.05) is 5.73 Å². The molecule has 0 aromatic heterocycles. The second-order valence-corrected chi connectivity index (χ2v) is 3.71. The number of nitrogens with two attached hydrogens (primary N) is 2. The van der Waals surface area contributed by atoms with Gasteiger partial charge >= 0.3 is 0 Å². The average molecular weight is 187 g/mol. The van der Waals surface area contributed by atoms with Crippen molar-refractivity contribution in [3.8, 4) is 6.07 Å². The van der Waals surface area contributed by atoms with E-state index in [1.165, 1.54) is 5.56 Å². The highest BCUT2D eigenvalue weighted by atomic mass is 14.7. The first-order chi connectivity index (χ1) is 6.74. The minimum absolute atomic E-state index is 0.00653. The Morgan fingerprint density at radius 2 is 2.21 bits per heavy atom. The van der Waals surface area contributed by atoms with Gasteiger partial charge in [-0.05, 0) is 36.5 Å². The van der Waals surface area contributed by atoms with Gasteiger partial charge in [0.2, 0.25) is 0 Å². The van der Waals surface area contributed by atoms with Crippen LogP contribution in [0.5, 0.6) is 0 Å². The van der Waals surface area contributed by atoms with Crippen LogP contribution in [0.3, 0.4) is 0 Å². The van der Waals surface area contributed by atoms with Gasteiger partial charge < -0.3 is 11.5 Å². The highest BCUT2D eigenvalue weighted by molar-refractivity contribution is 5.63. The standard InChI is InChI=1S/C11H13N3/c12-6-8-5-4-7-2-1-3-9(13)10(7)11(8)14/h4-5,9H,1-3,13-14H2/t9-/m1/s1. The lowest BCUT2D eigenvalue weighted by atomic mass is 9.86. The van der Waals surface area contributed by atoms with Crippen LogP contribution in [0.15, 0.2) is 12.1 Å². The van der Waals surface area contributed by atoms with E-state index in [9.17, 15) is 0 Å². The Morgan fingerprint density at radius 1 is 1.43 bits per heavy atom. The molecule has 4 N–H and O–H groups in total. The number of fused-ring (bicyclic) bond motifs is 1. The Labute approximate surface area is 83.3 Å². The molecule has 0 spiro atoms. The first-order valence-electron chi connectivity index (χ1n) is 4.81. The Morgan fingerprint density at radius 3 is 2.93 bits per heavy atom. The molecule has 0 aliphatic heterocycles. The molecule has 0 radical (unpaired) electrons. The molecule has 0 saturated heterocycles. The monoisotopic (exact) mass is 187 g/mol. The number of rotatable bonds is 0. The van der Waals surface area contributed by atoms with Crippen molar-refractivity contribution in [2.24, 2.45) is 5.73 Å². The van der Waals surface area contributed by atoms with Crippen LogP contribution in [-0.2, 0) is 6.42 Å². The first-order valence-corrected chi connectivity index (χ1v) is 4.81. The molecule has 1 atom stereocenters. The van der Waals surface area contributed by atoms with Crippen LogP contribution < -0.4 is 11.5 Å². The summed E-state index contributed by atoms with van der Waals surface area (Å²) in [6.07, 6.45) is 3.10. The zero-order valence-corrected chi connectivity index (χ0v) is 7.96. The zero-order valence-electron chi connectivity index (χ0n) is 7.96. The predicted molar refractivity (Wildman–Crippen MR) is 55.4 cm³/mol. The molecule has 0 bridgehead atoms. The van der Waals surface area contributed by atoms with E-state index < -0.39 is 0 Å². The minimum atomic E-state index is 0.00653. The summed E-state index contributed by atoms with van der Waals surface area (Å²) >= 11 is 0. The highest BCUT2D eigenvalue weighted by Gasteiger charge is 2.20. The molecule has 0 amide bonds. The van der Waals surface area contributed by atoms with Gasteiger partial charge in [-0.3, -0.25) is 0 Å². The maximum absolute atomic E-state index is 8.84. The van der Waals surface area contributed by atoms with Crippen LogP contribution >= 0.6 is 0 Å². The van der Waals surface area contributed by atoms with E-state index >= 15 is 0 Å². The summed E-state index contributed by atoms with van der Waals surface area (Å²) < 4.78 is 0. The number of nitrogen functional groups attached to an aromatic ring is 1. The first kappa shape index (κ1) is 9.04. The zero-order chi connectivity index (χ0) is 10.1. The van der Waals surface area contributed by atoms with Crippen LogP contribution in [0, 0.1) is 11.3 Å². The summed E-state index contributed by atoms with van der Waals surface area (Å²) in [4.78, 5) is 0. The predicted octanol–water partition coefficient (Wildman–Crippen LogP) is 1.48. The third kappa shape index (κ3) is 1.24. The molecule has 14 heavy (non-hydrogen) atoms. The third-order valence-electron chi connectivity index (χ3n) is 2.83. The molecule has 2 rings (SSSR count). The molecular weight excluding hydrogens is 174 g/mol. The van der Waals surface area contributed by atoms with Gasteiger partial charge in [0.15, 0.2) is 0 Å². The Hall–Kier alpha value is -1.53. The van der Waals surface area contributed by atoms with Crippen molar-refractivity contribution in [3.63, 3.8) is 0 Å². The number of nitrogens with zero attached hydrogens (tertiary/aromatic N) is 1. The Balaban J connectivity index is 2.61. The fourth-order valence-corrected chi connectivity index (χ4v) is 2.09. The van der Waals surface area contributed by atoms with Crippen molar-refractivity contribution in [3.05, 3.63) is 28.8 Å². The van der Waals surface area contributed by atoms with Gasteiger partial charge in [0.25, 0.3) is 0 Å². The number of hydrogen-bond acceptors (Lipinski definition) is 3. The molecule has 0 saturated carbocycles. The maximum atomic E-state index is 8.84. The summed E-state index contributed by atoms with van der Waals surface area (Å²) in [5.74, 6) is 0. The van der Waals surface area contributed by atoms with Crippen LogP contribution in [0.4, 0.5) is 5.69 Å². The lowest BCUT2D eigenvalue weighted by molar-refractivity contribution is 0.572. The SMILES string of the molecule is N#Cc1ccc2c(c1N)[C@H](N)CCC2. The van der Waals surface area contributed by atoms with Crippen molar-refractivity contribution >= 4 is 5.69 Å². The Bertz CT molecular complexity index is 404. The lowest BCUT2D eigenvalue weighted by Crippen LogP contribution is -2.19. The molecule has 0 heterocycles. The van der Waals surface area contributed by atoms with E-state index in [4.69, 9.17) is 16.7 Å². The van der Waals surface area contributed by atoms with E-state index in [0.717, 1.165) is 24.8 Å². The Kier molecular flexibility index (Phi) is 2.14. The topological polar surface area (TPSA) is 75.8 Å². The van der Waals surface area contributed by atoms with Gasteiger partial charge in [-0.2, -0.15) is 5.26 Å². The summed E-state index contributed by atoms with van der Waals surface area (Å²) in [5.41, 5.74) is 15.2. The fraction of sp³-hybridized carbons (Fsp3) is 0.364. The molecule has 72 valence electrons. The molecule has 1 aromatic rings. The summed E-state index contributed by atoms with van der Waals surface area (Å²) in [6.45, 7) is 0. The maximum Gasteiger partial charge on any atom is 0.101 e. The minimum Gasteiger partial charge on any atom is -0.397 e. The van der Waals surface area contributed by atoms with Crippen molar-refractivity contribution < 1.29 is 0 Å². The van der Waals surface area contributed by atoms with E-state index in [2.05, 4.69) is 6.07 Å². The van der Waals surface area contributed by atoms with Crippen molar-refractivity contribution in [1.82, 2.24) is 0 Å². The molecule has 1 aliphatic rings. The van der Waals surface area contributed by atoms with E-state index in [1.807, 2.05) is 6.07 Å². The van der Waals surface area contributed by atoms with Crippen LogP contribution in [0.25, 0.3) is 0 Å². The van der Waals surface area contributed by atoms with E-state index in [-0.39, 0.29) is 6.04 Å². The van der Waals surface area contributed by atoms with Crippen LogP contribution in [0.1, 0.15) is 35.6 Å². The van der Waals surface area contributed by atoms with Gasteiger partial charge in [0.05, 0.1) is 11.3 Å². The largest absolute Gasteiger partial charge is 0.397 e. The molecule has 0 fully saturated rings. The molecule has 3 heteroatoms. The number of nitriles is 1.